The fraction of sp³-hybridized carbons (Fsp3) is 0.364. The summed E-state index contributed by atoms with van der Waals surface area (Å²) >= 11 is 4.81. The van der Waals surface area contributed by atoms with Crippen molar-refractivity contribution in [2.75, 3.05) is 13.1 Å². The molecule has 2 rings (SSSR count). The molecule has 0 radical (unpaired) electrons. The first kappa shape index (κ1) is 13.4. The van der Waals surface area contributed by atoms with Crippen LogP contribution in [0.2, 0.25) is 0 Å². The van der Waals surface area contributed by atoms with E-state index in [1.165, 1.54) is 16.4 Å². The van der Waals surface area contributed by atoms with E-state index in [2.05, 4.69) is 0 Å². The molecule has 1 atom stereocenters. The van der Waals surface area contributed by atoms with Gasteiger partial charge in [-0.15, -0.1) is 0 Å². The zero-order valence-corrected chi connectivity index (χ0v) is 11.2. The van der Waals surface area contributed by atoms with Crippen LogP contribution in [0.4, 0.5) is 0 Å². The molecule has 1 aliphatic heterocycles. The zero-order valence-electron chi connectivity index (χ0n) is 9.61. The van der Waals surface area contributed by atoms with Crippen molar-refractivity contribution in [3.63, 3.8) is 0 Å². The molecule has 3 N–H and O–H groups in total. The number of aliphatic hydroxyl groups is 1. The first-order valence-electron chi connectivity index (χ1n) is 5.49. The minimum absolute atomic E-state index is 0.152. The van der Waals surface area contributed by atoms with Crippen molar-refractivity contribution in [2.24, 2.45) is 5.73 Å². The van der Waals surface area contributed by atoms with Gasteiger partial charge in [0.1, 0.15) is 4.99 Å². The van der Waals surface area contributed by atoms with Crippen LogP contribution in [0, 0.1) is 0 Å². The zero-order chi connectivity index (χ0) is 13.3. The average Bonchev–Trinajstić information content (AvgIpc) is 2.76. The number of aliphatic hydroxyl groups excluding tert-OH is 1. The molecule has 0 saturated carbocycles. The van der Waals surface area contributed by atoms with Crippen LogP contribution in [-0.2, 0) is 10.0 Å². The Morgan fingerprint density at radius 1 is 1.39 bits per heavy atom. The second-order valence-electron chi connectivity index (χ2n) is 4.19. The molecule has 1 aromatic carbocycles. The number of β-amino-alcohol motifs (C(OH)–C–C–N with tert-alkyl or cyclic N) is 1. The highest BCUT2D eigenvalue weighted by molar-refractivity contribution is 7.89. The lowest BCUT2D eigenvalue weighted by molar-refractivity contribution is 0.189. The lowest BCUT2D eigenvalue weighted by Gasteiger charge is -2.15. The lowest BCUT2D eigenvalue weighted by Crippen LogP contribution is -2.29. The standard InChI is InChI=1S/C11H14N2O3S2/c12-11(17)8-1-3-10(4-2-8)18(15,16)13-6-5-9(14)7-13/h1-4,9,14H,5-7H2,(H2,12,17). The van der Waals surface area contributed by atoms with Gasteiger partial charge in [-0.2, -0.15) is 4.31 Å². The van der Waals surface area contributed by atoms with Crippen LogP contribution in [0.5, 0.6) is 0 Å². The number of benzene rings is 1. The van der Waals surface area contributed by atoms with Crippen molar-refractivity contribution in [1.29, 1.82) is 0 Å². The smallest absolute Gasteiger partial charge is 0.243 e. The summed E-state index contributed by atoms with van der Waals surface area (Å²) in [5, 5.41) is 9.39. The van der Waals surface area contributed by atoms with E-state index in [1.54, 1.807) is 12.1 Å². The summed E-state index contributed by atoms with van der Waals surface area (Å²) in [4.78, 5) is 0.423. The lowest BCUT2D eigenvalue weighted by atomic mass is 10.2. The highest BCUT2D eigenvalue weighted by atomic mass is 32.2. The van der Waals surface area contributed by atoms with E-state index in [9.17, 15) is 13.5 Å². The van der Waals surface area contributed by atoms with Crippen LogP contribution < -0.4 is 5.73 Å². The molecule has 1 aromatic rings. The maximum Gasteiger partial charge on any atom is 0.243 e. The van der Waals surface area contributed by atoms with E-state index < -0.39 is 16.1 Å². The van der Waals surface area contributed by atoms with Crippen LogP contribution in [0.15, 0.2) is 29.2 Å². The molecule has 98 valence electrons. The van der Waals surface area contributed by atoms with Crippen LogP contribution >= 0.6 is 12.2 Å². The molecule has 0 aliphatic carbocycles. The summed E-state index contributed by atoms with van der Waals surface area (Å²) in [7, 11) is -3.52. The van der Waals surface area contributed by atoms with Gasteiger partial charge in [0.05, 0.1) is 11.0 Å². The predicted octanol–water partition coefficient (Wildman–Crippen LogP) is 0.0761. The normalized spacial score (nSPS) is 21.1. The molecule has 18 heavy (non-hydrogen) atoms. The summed E-state index contributed by atoms with van der Waals surface area (Å²) in [6.07, 6.45) is -0.0971. The molecule has 1 heterocycles. The topological polar surface area (TPSA) is 83.6 Å². The minimum atomic E-state index is -3.52. The molecular weight excluding hydrogens is 272 g/mol. The highest BCUT2D eigenvalue weighted by Crippen LogP contribution is 2.21. The van der Waals surface area contributed by atoms with Crippen LogP contribution in [0.25, 0.3) is 0 Å². The van der Waals surface area contributed by atoms with Gasteiger partial charge in [-0.25, -0.2) is 8.42 Å². The van der Waals surface area contributed by atoms with Crippen molar-refractivity contribution in [1.82, 2.24) is 4.31 Å². The average molecular weight is 286 g/mol. The first-order valence-corrected chi connectivity index (χ1v) is 7.34. The maximum atomic E-state index is 12.2. The van der Waals surface area contributed by atoms with Crippen LogP contribution in [0.3, 0.4) is 0 Å². The van der Waals surface area contributed by atoms with E-state index in [0.29, 0.717) is 18.5 Å². The molecule has 1 aliphatic rings. The molecular formula is C11H14N2O3S2. The van der Waals surface area contributed by atoms with Gasteiger partial charge in [-0.05, 0) is 18.6 Å². The molecule has 1 unspecified atom stereocenters. The Morgan fingerprint density at radius 3 is 2.44 bits per heavy atom. The molecule has 5 nitrogen and oxygen atoms in total. The Labute approximate surface area is 111 Å². The quantitative estimate of drug-likeness (QED) is 0.769. The van der Waals surface area contributed by atoms with E-state index in [-0.39, 0.29) is 16.4 Å². The van der Waals surface area contributed by atoms with Crippen molar-refractivity contribution in [2.45, 2.75) is 17.4 Å². The van der Waals surface area contributed by atoms with Crippen LogP contribution in [0.1, 0.15) is 12.0 Å². The monoisotopic (exact) mass is 286 g/mol. The molecule has 0 spiro atoms. The third-order valence-electron chi connectivity index (χ3n) is 2.90. The Morgan fingerprint density at radius 2 is 2.00 bits per heavy atom. The van der Waals surface area contributed by atoms with E-state index in [1.807, 2.05) is 0 Å². The predicted molar refractivity (Wildman–Crippen MR) is 71.7 cm³/mol. The van der Waals surface area contributed by atoms with Crippen molar-refractivity contribution in [3.05, 3.63) is 29.8 Å². The second-order valence-corrected chi connectivity index (χ2v) is 6.57. The third-order valence-corrected chi connectivity index (χ3v) is 5.02. The summed E-state index contributed by atoms with van der Waals surface area (Å²) in [6, 6.07) is 6.13. The number of nitrogens with zero attached hydrogens (tertiary/aromatic N) is 1. The second kappa shape index (κ2) is 4.93. The minimum Gasteiger partial charge on any atom is -0.392 e. The number of rotatable bonds is 3. The summed E-state index contributed by atoms with van der Waals surface area (Å²) in [6.45, 7) is 0.500. The number of hydrogen-bond donors (Lipinski definition) is 2. The van der Waals surface area contributed by atoms with Crippen molar-refractivity contribution < 1.29 is 13.5 Å². The maximum absolute atomic E-state index is 12.2. The van der Waals surface area contributed by atoms with Crippen LogP contribution in [-0.4, -0.2) is 42.0 Å². The van der Waals surface area contributed by atoms with Gasteiger partial charge in [0.25, 0.3) is 0 Å². The van der Waals surface area contributed by atoms with Crippen molar-refractivity contribution in [3.8, 4) is 0 Å². The van der Waals surface area contributed by atoms with Gasteiger partial charge in [0, 0.05) is 18.7 Å². The number of hydrogen-bond acceptors (Lipinski definition) is 4. The van der Waals surface area contributed by atoms with Gasteiger partial charge in [0.15, 0.2) is 0 Å². The SMILES string of the molecule is NC(=S)c1ccc(S(=O)(=O)N2CCC(O)C2)cc1. The highest BCUT2D eigenvalue weighted by Gasteiger charge is 2.31. The Balaban J connectivity index is 2.27. The summed E-state index contributed by atoms with van der Waals surface area (Å²) < 4.78 is 25.7. The van der Waals surface area contributed by atoms with Gasteiger partial charge in [0.2, 0.25) is 10.0 Å². The molecule has 7 heteroatoms. The van der Waals surface area contributed by atoms with Gasteiger partial charge < -0.3 is 10.8 Å². The third kappa shape index (κ3) is 2.54. The summed E-state index contributed by atoms with van der Waals surface area (Å²) in [5.41, 5.74) is 6.08. The molecule has 1 saturated heterocycles. The summed E-state index contributed by atoms with van der Waals surface area (Å²) in [5.74, 6) is 0. The van der Waals surface area contributed by atoms with Gasteiger partial charge >= 0.3 is 0 Å². The van der Waals surface area contributed by atoms with Crippen molar-refractivity contribution >= 4 is 27.2 Å². The van der Waals surface area contributed by atoms with Gasteiger partial charge in [-0.3, -0.25) is 0 Å². The largest absolute Gasteiger partial charge is 0.392 e. The Kier molecular flexibility index (Phi) is 3.67. The molecule has 0 amide bonds. The fourth-order valence-corrected chi connectivity index (χ4v) is 3.50. The van der Waals surface area contributed by atoms with E-state index in [0.717, 1.165) is 0 Å². The first-order chi connectivity index (χ1) is 8.41. The Bertz CT molecular complexity index is 554. The van der Waals surface area contributed by atoms with E-state index in [4.69, 9.17) is 18.0 Å². The Hall–Kier alpha value is -1.02. The molecule has 1 fully saturated rings. The number of sulfonamides is 1. The van der Waals surface area contributed by atoms with Gasteiger partial charge in [-0.1, -0.05) is 24.4 Å². The molecule has 0 bridgehead atoms. The van der Waals surface area contributed by atoms with E-state index >= 15 is 0 Å². The number of nitrogens with two attached hydrogens (primary N) is 1. The molecule has 0 aromatic heterocycles. The number of thiocarbonyl (C=S) groups is 1. The fourth-order valence-electron chi connectivity index (χ4n) is 1.87.